The van der Waals surface area contributed by atoms with Gasteiger partial charge in [-0.1, -0.05) is 24.3 Å². The quantitative estimate of drug-likeness (QED) is 0.282. The van der Waals surface area contributed by atoms with Crippen molar-refractivity contribution in [1.82, 2.24) is 9.47 Å². The summed E-state index contributed by atoms with van der Waals surface area (Å²) in [6, 6.07) is 12.1. The molecule has 1 amide bonds. The Labute approximate surface area is 184 Å². The van der Waals surface area contributed by atoms with E-state index in [-0.39, 0.29) is 23.8 Å². The van der Waals surface area contributed by atoms with Gasteiger partial charge < -0.3 is 20.1 Å². The largest absolute Gasteiger partial charge is 0.480 e. The molecular formula is C23H24N4O5. The maximum Gasteiger partial charge on any atom is 0.415 e. The zero-order valence-electron chi connectivity index (χ0n) is 17.8. The minimum absolute atomic E-state index is 0.00552. The molecule has 2 aromatic carbocycles. The minimum Gasteiger partial charge on any atom is -0.480 e. The van der Waals surface area contributed by atoms with Crippen molar-refractivity contribution in [2.45, 2.75) is 12.8 Å². The summed E-state index contributed by atoms with van der Waals surface area (Å²) < 4.78 is 7.09. The molecule has 1 aromatic heterocycles. The van der Waals surface area contributed by atoms with Crippen molar-refractivity contribution in [3.63, 3.8) is 0 Å². The molecule has 9 nitrogen and oxygen atoms in total. The first-order chi connectivity index (χ1) is 15.2. The first-order valence-electron chi connectivity index (χ1n) is 9.86. The molecule has 0 aliphatic rings. The number of carbonyl (C=O) groups is 3. The van der Waals surface area contributed by atoms with E-state index in [9.17, 15) is 14.4 Å². The number of Topliss-reactive ketones (excluding diaryl/α,β-unsaturated/α-hetero) is 1. The Bertz CT molecular complexity index is 1200. The van der Waals surface area contributed by atoms with Gasteiger partial charge in [0.15, 0.2) is 5.78 Å². The Morgan fingerprint density at radius 2 is 1.84 bits per heavy atom. The summed E-state index contributed by atoms with van der Waals surface area (Å²) in [6.45, 7) is -0.483. The van der Waals surface area contributed by atoms with Crippen molar-refractivity contribution in [2.24, 2.45) is 12.8 Å². The lowest BCUT2D eigenvalue weighted by molar-refractivity contribution is -0.137. The molecule has 0 saturated carbocycles. The number of carboxylic acid groups (broad SMARTS) is 1. The Hall–Kier alpha value is -4.14. The fraction of sp³-hybridized carbons (Fsp3) is 0.217. The number of fused-ring (bicyclic) bond motifs is 1. The van der Waals surface area contributed by atoms with Crippen LogP contribution in [0.25, 0.3) is 10.9 Å². The summed E-state index contributed by atoms with van der Waals surface area (Å²) in [5.74, 6) is -0.988. The number of amides is 1. The van der Waals surface area contributed by atoms with Gasteiger partial charge in [0.05, 0.1) is 0 Å². The van der Waals surface area contributed by atoms with E-state index in [4.69, 9.17) is 21.0 Å². The lowest BCUT2D eigenvalue weighted by Crippen LogP contribution is -2.34. The number of hydrogen-bond donors (Lipinski definition) is 3. The summed E-state index contributed by atoms with van der Waals surface area (Å²) in [5, 5.41) is 16.9. The molecule has 0 atom stereocenters. The first-order valence-corrected chi connectivity index (χ1v) is 9.86. The van der Waals surface area contributed by atoms with Gasteiger partial charge >= 0.3 is 12.1 Å². The number of aromatic nitrogens is 1. The van der Waals surface area contributed by atoms with Crippen LogP contribution in [-0.2, 0) is 18.3 Å². The molecule has 0 bridgehead atoms. The standard InChI is InChI=1S/C23H24N4O5/c1-26-12-18(20(28)10-5-14-3-6-15(7-4-14)22(24)25)17-11-16(8-9-19(17)26)32-23(31)27(2)13-21(29)30/h3-4,6-9,11-12H,5,10,13H2,1-2H3,(H3,24,25)(H,29,30). The molecule has 3 aromatic rings. The van der Waals surface area contributed by atoms with Crippen LogP contribution in [-0.4, -0.2) is 51.8 Å². The summed E-state index contributed by atoms with van der Waals surface area (Å²) in [7, 11) is 3.15. The van der Waals surface area contributed by atoms with Crippen molar-refractivity contribution in [1.29, 1.82) is 5.41 Å². The smallest absolute Gasteiger partial charge is 0.415 e. The lowest BCUT2D eigenvalue weighted by Gasteiger charge is -2.14. The number of benzene rings is 2. The van der Waals surface area contributed by atoms with Crippen LogP contribution in [0, 0.1) is 5.41 Å². The van der Waals surface area contributed by atoms with Crippen LogP contribution in [0.5, 0.6) is 5.75 Å². The molecule has 0 fully saturated rings. The molecule has 0 saturated heterocycles. The van der Waals surface area contributed by atoms with E-state index in [1.807, 2.05) is 23.7 Å². The molecule has 32 heavy (non-hydrogen) atoms. The Balaban J connectivity index is 1.76. The third kappa shape index (κ3) is 5.12. The molecule has 0 aliphatic heterocycles. The van der Waals surface area contributed by atoms with Gasteiger partial charge in [0, 0.05) is 48.7 Å². The number of ketones is 1. The molecule has 3 rings (SSSR count). The minimum atomic E-state index is -1.15. The van der Waals surface area contributed by atoms with E-state index in [1.165, 1.54) is 7.05 Å². The number of nitrogen functional groups attached to an aromatic ring is 1. The highest BCUT2D eigenvalue weighted by atomic mass is 16.6. The molecule has 166 valence electrons. The fourth-order valence-electron chi connectivity index (χ4n) is 3.35. The number of ether oxygens (including phenoxy) is 1. The Morgan fingerprint density at radius 1 is 1.16 bits per heavy atom. The molecule has 9 heteroatoms. The monoisotopic (exact) mass is 436 g/mol. The van der Waals surface area contributed by atoms with Crippen LogP contribution in [0.1, 0.15) is 27.9 Å². The van der Waals surface area contributed by atoms with Gasteiger partial charge in [-0.25, -0.2) is 4.79 Å². The molecule has 0 spiro atoms. The molecule has 1 heterocycles. The van der Waals surface area contributed by atoms with Crippen LogP contribution in [0.4, 0.5) is 4.79 Å². The van der Waals surface area contributed by atoms with Gasteiger partial charge in [0.2, 0.25) is 0 Å². The van der Waals surface area contributed by atoms with Crippen LogP contribution >= 0.6 is 0 Å². The van der Waals surface area contributed by atoms with Gasteiger partial charge in [0.1, 0.15) is 18.1 Å². The second kappa shape index (κ2) is 9.34. The second-order valence-electron chi connectivity index (χ2n) is 7.48. The number of nitrogens with one attached hydrogen (secondary N) is 1. The Morgan fingerprint density at radius 3 is 2.47 bits per heavy atom. The van der Waals surface area contributed by atoms with Crippen molar-refractivity contribution >= 4 is 34.6 Å². The maximum atomic E-state index is 12.9. The van der Waals surface area contributed by atoms with Crippen molar-refractivity contribution in [3.05, 3.63) is 65.4 Å². The van der Waals surface area contributed by atoms with E-state index in [0.29, 0.717) is 22.9 Å². The number of carbonyl (C=O) groups excluding carboxylic acids is 2. The zero-order chi connectivity index (χ0) is 23.4. The summed E-state index contributed by atoms with van der Waals surface area (Å²) in [5.41, 5.74) is 8.37. The van der Waals surface area contributed by atoms with Gasteiger partial charge in [0.25, 0.3) is 0 Å². The molecule has 0 unspecified atom stereocenters. The number of aryl methyl sites for hydroxylation is 2. The summed E-state index contributed by atoms with van der Waals surface area (Å²) in [6.07, 6.45) is 1.75. The number of nitrogens with two attached hydrogens (primary N) is 1. The number of carboxylic acids is 1. The molecule has 4 N–H and O–H groups in total. The number of rotatable bonds is 8. The maximum absolute atomic E-state index is 12.9. The average molecular weight is 436 g/mol. The Kier molecular flexibility index (Phi) is 6.58. The van der Waals surface area contributed by atoms with Gasteiger partial charge in [-0.15, -0.1) is 0 Å². The normalized spacial score (nSPS) is 10.7. The predicted octanol–water partition coefficient (Wildman–Crippen LogP) is 2.79. The highest BCUT2D eigenvalue weighted by Crippen LogP contribution is 2.27. The van der Waals surface area contributed by atoms with Gasteiger partial charge in [-0.05, 0) is 30.2 Å². The van der Waals surface area contributed by atoms with Crippen LogP contribution in [0.2, 0.25) is 0 Å². The molecule has 0 aliphatic carbocycles. The summed E-state index contributed by atoms with van der Waals surface area (Å²) >= 11 is 0. The van der Waals surface area contributed by atoms with E-state index in [1.54, 1.807) is 36.5 Å². The lowest BCUT2D eigenvalue weighted by atomic mass is 10.0. The van der Waals surface area contributed by atoms with Crippen molar-refractivity contribution < 1.29 is 24.2 Å². The van der Waals surface area contributed by atoms with E-state index in [2.05, 4.69) is 0 Å². The fourth-order valence-corrected chi connectivity index (χ4v) is 3.35. The number of amidine groups is 1. The van der Waals surface area contributed by atoms with E-state index >= 15 is 0 Å². The van der Waals surface area contributed by atoms with Crippen molar-refractivity contribution in [3.8, 4) is 5.75 Å². The average Bonchev–Trinajstić information content (AvgIpc) is 3.07. The highest BCUT2D eigenvalue weighted by molar-refractivity contribution is 6.08. The number of likely N-dealkylation sites (N-methyl/N-ethyl adjacent to an activating group) is 1. The van der Waals surface area contributed by atoms with Crippen LogP contribution in [0.15, 0.2) is 48.7 Å². The van der Waals surface area contributed by atoms with Gasteiger partial charge in [-0.2, -0.15) is 0 Å². The first kappa shape index (κ1) is 22.5. The third-order valence-electron chi connectivity index (χ3n) is 5.06. The van der Waals surface area contributed by atoms with Crippen molar-refractivity contribution in [2.75, 3.05) is 13.6 Å². The van der Waals surface area contributed by atoms with Gasteiger partial charge in [-0.3, -0.25) is 19.9 Å². The van der Waals surface area contributed by atoms with E-state index < -0.39 is 18.6 Å². The topological polar surface area (TPSA) is 139 Å². The number of hydrogen-bond acceptors (Lipinski definition) is 5. The second-order valence-corrected chi connectivity index (χ2v) is 7.48. The third-order valence-corrected chi connectivity index (χ3v) is 5.06. The number of nitrogens with zero attached hydrogens (tertiary/aromatic N) is 2. The SMILES string of the molecule is CN(CC(=O)O)C(=O)Oc1ccc2c(c1)c(C(=O)CCc1ccc(C(=N)N)cc1)cn2C. The highest BCUT2D eigenvalue weighted by Gasteiger charge is 2.18. The van der Waals surface area contributed by atoms with Crippen LogP contribution in [0.3, 0.4) is 0 Å². The molecular weight excluding hydrogens is 412 g/mol. The van der Waals surface area contributed by atoms with E-state index in [0.717, 1.165) is 16.0 Å². The molecule has 0 radical (unpaired) electrons. The predicted molar refractivity (Wildman–Crippen MR) is 119 cm³/mol. The summed E-state index contributed by atoms with van der Waals surface area (Å²) in [4.78, 5) is 36.7. The van der Waals surface area contributed by atoms with Crippen LogP contribution < -0.4 is 10.5 Å². The zero-order valence-corrected chi connectivity index (χ0v) is 17.8. The number of aliphatic carboxylic acids is 1.